The highest BCUT2D eigenvalue weighted by Crippen LogP contribution is 2.32. The topological polar surface area (TPSA) is 99.5 Å². The van der Waals surface area contributed by atoms with E-state index in [9.17, 15) is 14.5 Å². The van der Waals surface area contributed by atoms with E-state index in [0.29, 0.717) is 17.2 Å². The highest BCUT2D eigenvalue weighted by Gasteiger charge is 2.20. The van der Waals surface area contributed by atoms with Gasteiger partial charge in [0.25, 0.3) is 0 Å². The second kappa shape index (κ2) is 8.92. The fraction of sp³-hybridized carbons (Fsp3) is 0.238. The Kier molecular flexibility index (Phi) is 5.89. The predicted molar refractivity (Wildman–Crippen MR) is 118 cm³/mol. The number of pyridine rings is 2. The van der Waals surface area contributed by atoms with Crippen molar-refractivity contribution in [1.82, 2.24) is 15.3 Å². The molecule has 4 rings (SSSR count). The molecule has 0 aliphatic carbocycles. The zero-order valence-corrected chi connectivity index (χ0v) is 17.0. The van der Waals surface area contributed by atoms with Crippen LogP contribution < -0.4 is 20.4 Å². The van der Waals surface area contributed by atoms with Gasteiger partial charge in [-0.1, -0.05) is 0 Å². The smallest absolute Gasteiger partial charge is 0.311 e. The van der Waals surface area contributed by atoms with Crippen LogP contribution in [-0.2, 0) is 0 Å². The van der Waals surface area contributed by atoms with Crippen molar-refractivity contribution in [3.05, 3.63) is 70.8 Å². The van der Waals surface area contributed by atoms with Gasteiger partial charge in [0.05, 0.1) is 10.6 Å². The van der Waals surface area contributed by atoms with Gasteiger partial charge in [-0.2, -0.15) is 0 Å². The largest absolute Gasteiger partial charge is 0.367 e. The molecule has 0 atom stereocenters. The second-order valence-electron chi connectivity index (χ2n) is 7.09. The summed E-state index contributed by atoms with van der Waals surface area (Å²) < 4.78 is 14.8. The first-order valence-electron chi connectivity index (χ1n) is 9.84. The minimum atomic E-state index is -0.517. The Labute approximate surface area is 178 Å². The summed E-state index contributed by atoms with van der Waals surface area (Å²) in [5.74, 6) is 0.148. The lowest BCUT2D eigenvalue weighted by molar-refractivity contribution is -0.384. The van der Waals surface area contributed by atoms with Crippen LogP contribution in [0.15, 0.2) is 54.9 Å². The summed E-state index contributed by atoms with van der Waals surface area (Å²) in [6.45, 7) is 3.04. The van der Waals surface area contributed by atoms with Crippen LogP contribution >= 0.6 is 0 Å². The van der Waals surface area contributed by atoms with Crippen molar-refractivity contribution in [2.45, 2.75) is 0 Å². The first-order valence-corrected chi connectivity index (χ1v) is 9.84. The Morgan fingerprint density at radius 3 is 2.58 bits per heavy atom. The summed E-state index contributed by atoms with van der Waals surface area (Å²) in [6.07, 6.45) is 3.30. The van der Waals surface area contributed by atoms with Crippen molar-refractivity contribution in [2.75, 3.05) is 48.3 Å². The number of hydrogen-bond donors (Lipinski definition) is 2. The summed E-state index contributed by atoms with van der Waals surface area (Å²) in [7, 11) is 1.80. The highest BCUT2D eigenvalue weighted by molar-refractivity contribution is 5.71. The number of nitro groups is 1. The molecule has 1 aromatic carbocycles. The maximum absolute atomic E-state index is 14.8. The van der Waals surface area contributed by atoms with Gasteiger partial charge < -0.3 is 20.4 Å². The maximum Gasteiger partial charge on any atom is 0.311 e. The predicted octanol–water partition coefficient (Wildman–Crippen LogP) is 3.45. The molecule has 31 heavy (non-hydrogen) atoms. The fourth-order valence-electron chi connectivity index (χ4n) is 3.45. The molecule has 0 saturated carbocycles. The van der Waals surface area contributed by atoms with E-state index in [2.05, 4.69) is 20.6 Å². The van der Waals surface area contributed by atoms with Gasteiger partial charge in [0, 0.05) is 63.1 Å². The van der Waals surface area contributed by atoms with E-state index in [4.69, 9.17) is 0 Å². The van der Waals surface area contributed by atoms with Crippen LogP contribution in [0, 0.1) is 15.9 Å². The molecule has 10 heteroatoms. The van der Waals surface area contributed by atoms with Crippen molar-refractivity contribution in [2.24, 2.45) is 0 Å². The van der Waals surface area contributed by atoms with E-state index < -0.39 is 4.92 Å². The zero-order chi connectivity index (χ0) is 21.8. The van der Waals surface area contributed by atoms with Crippen LogP contribution in [0.2, 0.25) is 0 Å². The third kappa shape index (κ3) is 4.53. The Hall–Kier alpha value is -3.79. The van der Waals surface area contributed by atoms with Crippen LogP contribution in [0.3, 0.4) is 0 Å². The molecule has 160 valence electrons. The monoisotopic (exact) mass is 423 g/mol. The molecule has 0 spiro atoms. The summed E-state index contributed by atoms with van der Waals surface area (Å²) >= 11 is 0. The number of piperazine rings is 1. The fourth-order valence-corrected chi connectivity index (χ4v) is 3.45. The second-order valence-corrected chi connectivity index (χ2v) is 7.09. The number of halogens is 1. The van der Waals surface area contributed by atoms with Crippen molar-refractivity contribution in [3.63, 3.8) is 0 Å². The Morgan fingerprint density at radius 1 is 1.16 bits per heavy atom. The number of rotatable bonds is 6. The minimum Gasteiger partial charge on any atom is -0.367 e. The summed E-state index contributed by atoms with van der Waals surface area (Å²) in [5, 5.41) is 17.7. The quantitative estimate of drug-likeness (QED) is 0.459. The molecule has 0 radical (unpaired) electrons. The number of hydrogen-bond acceptors (Lipinski definition) is 8. The number of benzene rings is 1. The third-order valence-electron chi connectivity index (χ3n) is 5.12. The van der Waals surface area contributed by atoms with Crippen LogP contribution in [0.1, 0.15) is 0 Å². The van der Waals surface area contributed by atoms with E-state index >= 15 is 0 Å². The van der Waals surface area contributed by atoms with Gasteiger partial charge >= 0.3 is 5.69 Å². The van der Waals surface area contributed by atoms with Crippen molar-refractivity contribution in [3.8, 4) is 0 Å². The maximum atomic E-state index is 14.8. The normalized spacial score (nSPS) is 13.7. The van der Waals surface area contributed by atoms with E-state index in [0.717, 1.165) is 31.9 Å². The van der Waals surface area contributed by atoms with E-state index in [-0.39, 0.29) is 17.3 Å². The highest BCUT2D eigenvalue weighted by atomic mass is 19.1. The lowest BCUT2D eigenvalue weighted by Gasteiger charge is -2.29. The molecule has 2 N–H and O–H groups in total. The third-order valence-corrected chi connectivity index (χ3v) is 5.12. The molecular weight excluding hydrogens is 401 g/mol. The summed E-state index contributed by atoms with van der Waals surface area (Å²) in [5.41, 5.74) is 1.53. The molecule has 1 aliphatic rings. The molecule has 1 saturated heterocycles. The minimum absolute atomic E-state index is 0.0396. The van der Waals surface area contributed by atoms with Gasteiger partial charge in [-0.05, 0) is 36.4 Å². The number of anilines is 5. The average molecular weight is 423 g/mol. The summed E-state index contributed by atoms with van der Waals surface area (Å²) in [6, 6.07) is 11.3. The number of nitrogens with zero attached hydrogens (tertiary/aromatic N) is 5. The lowest BCUT2D eigenvalue weighted by Crippen LogP contribution is -2.43. The summed E-state index contributed by atoms with van der Waals surface area (Å²) in [4.78, 5) is 23.2. The van der Waals surface area contributed by atoms with Crippen LogP contribution in [-0.4, -0.2) is 48.1 Å². The lowest BCUT2D eigenvalue weighted by atomic mass is 10.2. The molecular formula is C21H22FN7O2. The zero-order valence-electron chi connectivity index (χ0n) is 17.0. The van der Waals surface area contributed by atoms with Crippen LogP contribution in [0.4, 0.5) is 38.8 Å². The Bertz CT molecular complexity index is 1070. The molecule has 0 amide bonds. The van der Waals surface area contributed by atoms with Crippen molar-refractivity contribution >= 4 is 34.4 Å². The first-order chi connectivity index (χ1) is 15.0. The molecule has 1 aliphatic heterocycles. The van der Waals surface area contributed by atoms with E-state index in [1.54, 1.807) is 54.7 Å². The number of aromatic nitrogens is 2. The Morgan fingerprint density at radius 2 is 1.90 bits per heavy atom. The van der Waals surface area contributed by atoms with Crippen molar-refractivity contribution in [1.29, 1.82) is 0 Å². The molecule has 3 aromatic rings. The van der Waals surface area contributed by atoms with Crippen molar-refractivity contribution < 1.29 is 9.31 Å². The number of nitrogens with one attached hydrogen (secondary N) is 2. The standard InChI is InChI=1S/C21H22FN7O2/c1-27(16-6-8-23-9-7-16)20-5-4-19(29(30)31)21(26-20)25-15-2-3-18(17(22)14-15)28-12-10-24-11-13-28/h2-9,14,24H,10-13H2,1H3,(H,25,26). The van der Waals surface area contributed by atoms with Gasteiger partial charge in [-0.3, -0.25) is 15.1 Å². The molecule has 2 aromatic heterocycles. The SMILES string of the molecule is CN(c1ccncc1)c1ccc([N+](=O)[O-])c(Nc2ccc(N3CCNCC3)c(F)c2)n1. The van der Waals surface area contributed by atoms with E-state index in [1.165, 1.54) is 12.1 Å². The molecule has 0 bridgehead atoms. The van der Waals surface area contributed by atoms with Crippen LogP contribution in [0.25, 0.3) is 0 Å². The van der Waals surface area contributed by atoms with Gasteiger partial charge in [-0.15, -0.1) is 0 Å². The first kappa shape index (κ1) is 20.5. The van der Waals surface area contributed by atoms with Gasteiger partial charge in [-0.25, -0.2) is 9.37 Å². The van der Waals surface area contributed by atoms with Gasteiger partial charge in [0.15, 0.2) is 0 Å². The Balaban J connectivity index is 1.62. The average Bonchev–Trinajstić information content (AvgIpc) is 2.79. The van der Waals surface area contributed by atoms with Crippen LogP contribution in [0.5, 0.6) is 0 Å². The van der Waals surface area contributed by atoms with Gasteiger partial charge in [0.1, 0.15) is 11.6 Å². The molecule has 3 heterocycles. The molecule has 0 unspecified atom stereocenters. The molecule has 9 nitrogen and oxygen atoms in total. The van der Waals surface area contributed by atoms with E-state index in [1.807, 2.05) is 4.90 Å². The van der Waals surface area contributed by atoms with Gasteiger partial charge in [0.2, 0.25) is 5.82 Å². The molecule has 1 fully saturated rings.